The number of carbonyl (C=O) groups excluding carboxylic acids is 2. The van der Waals surface area contributed by atoms with E-state index in [0.29, 0.717) is 28.9 Å². The van der Waals surface area contributed by atoms with E-state index < -0.39 is 23.1 Å². The highest BCUT2D eigenvalue weighted by molar-refractivity contribution is 6.05. The topological polar surface area (TPSA) is 90.3 Å². The Morgan fingerprint density at radius 1 is 1.21 bits per heavy atom. The molecular formula is C20H18FN3O4. The first-order chi connectivity index (χ1) is 13.3. The van der Waals surface area contributed by atoms with Crippen LogP contribution in [0.3, 0.4) is 0 Å². The summed E-state index contributed by atoms with van der Waals surface area (Å²) < 4.78 is 19.8. The van der Waals surface area contributed by atoms with Crippen molar-refractivity contribution in [1.82, 2.24) is 9.78 Å². The van der Waals surface area contributed by atoms with Crippen molar-refractivity contribution in [1.29, 1.82) is 0 Å². The quantitative estimate of drug-likeness (QED) is 0.700. The first-order valence-electron chi connectivity index (χ1n) is 8.56. The van der Waals surface area contributed by atoms with Crippen LogP contribution < -0.4 is 10.7 Å². The fourth-order valence-electron chi connectivity index (χ4n) is 2.87. The minimum absolute atomic E-state index is 0.0705. The molecule has 0 radical (unpaired) electrons. The summed E-state index contributed by atoms with van der Waals surface area (Å²) in [5, 5.41) is 6.74. The monoisotopic (exact) mass is 383 g/mol. The lowest BCUT2D eigenvalue weighted by Crippen LogP contribution is -2.27. The minimum atomic E-state index is -0.752. The van der Waals surface area contributed by atoms with Gasteiger partial charge in [0, 0.05) is 12.2 Å². The third kappa shape index (κ3) is 3.48. The molecule has 0 fully saturated rings. The Labute approximate surface area is 159 Å². The molecule has 0 saturated carbocycles. The number of nitrogens with zero attached hydrogens (tertiary/aromatic N) is 2. The highest BCUT2D eigenvalue weighted by Gasteiger charge is 2.19. The normalized spacial score (nSPS) is 10.7. The first kappa shape index (κ1) is 19.2. The molecule has 1 aromatic heterocycles. The van der Waals surface area contributed by atoms with E-state index in [1.165, 1.54) is 30.0 Å². The molecule has 0 bridgehead atoms. The Kier molecular flexibility index (Phi) is 5.21. The number of hydrogen-bond acceptors (Lipinski definition) is 5. The zero-order chi connectivity index (χ0) is 20.4. The van der Waals surface area contributed by atoms with Gasteiger partial charge in [-0.25, -0.2) is 9.18 Å². The van der Waals surface area contributed by atoms with Crippen LogP contribution in [-0.2, 0) is 11.3 Å². The molecule has 1 heterocycles. The van der Waals surface area contributed by atoms with E-state index >= 15 is 0 Å². The molecule has 144 valence electrons. The number of fused-ring (bicyclic) bond motifs is 1. The highest BCUT2D eigenvalue weighted by atomic mass is 19.1. The molecule has 2 aromatic carbocycles. The molecule has 0 aliphatic rings. The summed E-state index contributed by atoms with van der Waals surface area (Å²) in [4.78, 5) is 37.2. The van der Waals surface area contributed by atoms with E-state index in [1.54, 1.807) is 26.0 Å². The smallest absolute Gasteiger partial charge is 0.338 e. The van der Waals surface area contributed by atoms with E-state index in [0.717, 1.165) is 6.07 Å². The molecule has 1 N–H and O–H groups in total. The molecule has 8 heteroatoms. The number of amides is 1. The van der Waals surface area contributed by atoms with Crippen LogP contribution in [0.4, 0.5) is 10.1 Å². The zero-order valence-corrected chi connectivity index (χ0v) is 15.6. The average Bonchev–Trinajstić information content (AvgIpc) is 2.69. The molecule has 0 unspecified atom stereocenters. The molecular weight excluding hydrogens is 365 g/mol. The number of aromatic nitrogens is 2. The predicted molar refractivity (Wildman–Crippen MR) is 102 cm³/mol. The summed E-state index contributed by atoms with van der Waals surface area (Å²) >= 11 is 0. The Hall–Kier alpha value is -3.55. The number of halogens is 1. The van der Waals surface area contributed by atoms with Gasteiger partial charge in [-0.2, -0.15) is 5.10 Å². The van der Waals surface area contributed by atoms with Crippen LogP contribution in [0.25, 0.3) is 10.9 Å². The molecule has 0 spiro atoms. The Morgan fingerprint density at radius 2 is 1.96 bits per heavy atom. The van der Waals surface area contributed by atoms with Gasteiger partial charge in [0.1, 0.15) is 5.82 Å². The predicted octanol–water partition coefficient (Wildman–Crippen LogP) is 2.90. The molecule has 0 aliphatic heterocycles. The fraction of sp³-hybridized carbons (Fsp3) is 0.200. The second-order valence-corrected chi connectivity index (χ2v) is 6.13. The van der Waals surface area contributed by atoms with Crippen molar-refractivity contribution in [2.75, 3.05) is 12.4 Å². The number of hydrogen-bond donors (Lipinski definition) is 1. The van der Waals surface area contributed by atoms with E-state index in [1.807, 2.05) is 0 Å². The first-order valence-corrected chi connectivity index (χ1v) is 8.56. The summed E-state index contributed by atoms with van der Waals surface area (Å²) in [6, 6.07) is 8.47. The third-order valence-corrected chi connectivity index (χ3v) is 4.33. The van der Waals surface area contributed by atoms with Gasteiger partial charge in [-0.3, -0.25) is 14.3 Å². The number of benzene rings is 2. The van der Waals surface area contributed by atoms with Gasteiger partial charge in [0.25, 0.3) is 5.91 Å². The number of ether oxygens (including phenoxy) is 1. The number of methoxy groups -OCH3 is 1. The van der Waals surface area contributed by atoms with Crippen LogP contribution >= 0.6 is 0 Å². The Morgan fingerprint density at radius 3 is 2.64 bits per heavy atom. The van der Waals surface area contributed by atoms with Crippen LogP contribution in [0.5, 0.6) is 0 Å². The number of anilines is 1. The van der Waals surface area contributed by atoms with Gasteiger partial charge in [-0.05, 0) is 49.7 Å². The molecule has 28 heavy (non-hydrogen) atoms. The average molecular weight is 383 g/mol. The van der Waals surface area contributed by atoms with Crippen LogP contribution in [0.2, 0.25) is 0 Å². The maximum absolute atomic E-state index is 13.6. The highest BCUT2D eigenvalue weighted by Crippen LogP contribution is 2.17. The maximum Gasteiger partial charge on any atom is 0.338 e. The van der Waals surface area contributed by atoms with Crippen molar-refractivity contribution in [2.24, 2.45) is 0 Å². The molecule has 1 amide bonds. The van der Waals surface area contributed by atoms with Gasteiger partial charge >= 0.3 is 5.97 Å². The van der Waals surface area contributed by atoms with Crippen molar-refractivity contribution in [2.45, 2.75) is 20.4 Å². The Balaban J connectivity index is 2.04. The van der Waals surface area contributed by atoms with Crippen LogP contribution in [0.15, 0.2) is 41.2 Å². The molecule has 0 aliphatic carbocycles. The van der Waals surface area contributed by atoms with Crippen molar-refractivity contribution in [3.05, 3.63) is 69.3 Å². The van der Waals surface area contributed by atoms with Crippen LogP contribution in [-0.4, -0.2) is 28.8 Å². The van der Waals surface area contributed by atoms with Crippen molar-refractivity contribution < 1.29 is 18.7 Å². The summed E-state index contributed by atoms with van der Waals surface area (Å²) in [5.74, 6) is -1.87. The van der Waals surface area contributed by atoms with E-state index in [2.05, 4.69) is 10.4 Å². The van der Waals surface area contributed by atoms with Gasteiger partial charge in [0.05, 0.1) is 23.6 Å². The molecule has 3 aromatic rings. The third-order valence-electron chi connectivity index (χ3n) is 4.33. The van der Waals surface area contributed by atoms with Crippen LogP contribution in [0.1, 0.15) is 33.3 Å². The number of nitrogens with one attached hydrogen (secondary N) is 1. The molecule has 0 saturated heterocycles. The number of esters is 1. The lowest BCUT2D eigenvalue weighted by Gasteiger charge is -2.11. The Bertz CT molecular complexity index is 1150. The SMILES string of the molecule is CCn1nc(C(=O)Nc2ccc(C)c(C(=O)OC)c2)c(=O)c2cc(F)ccc21. The molecule has 0 atom stereocenters. The lowest BCUT2D eigenvalue weighted by atomic mass is 10.1. The van der Waals surface area contributed by atoms with Crippen molar-refractivity contribution in [3.63, 3.8) is 0 Å². The lowest BCUT2D eigenvalue weighted by molar-refractivity contribution is 0.0599. The summed E-state index contributed by atoms with van der Waals surface area (Å²) in [6.07, 6.45) is 0. The minimum Gasteiger partial charge on any atom is -0.465 e. The van der Waals surface area contributed by atoms with Crippen molar-refractivity contribution >= 4 is 28.5 Å². The van der Waals surface area contributed by atoms with Gasteiger partial charge in [0.15, 0.2) is 5.69 Å². The van der Waals surface area contributed by atoms with E-state index in [-0.39, 0.29) is 11.1 Å². The second-order valence-electron chi connectivity index (χ2n) is 6.13. The van der Waals surface area contributed by atoms with Gasteiger partial charge in [-0.15, -0.1) is 0 Å². The summed E-state index contributed by atoms with van der Waals surface area (Å²) in [5.41, 5.74) is 0.683. The number of carbonyl (C=O) groups is 2. The second kappa shape index (κ2) is 7.59. The zero-order valence-electron chi connectivity index (χ0n) is 15.6. The number of rotatable bonds is 4. The van der Waals surface area contributed by atoms with E-state index in [4.69, 9.17) is 4.74 Å². The van der Waals surface area contributed by atoms with Gasteiger partial charge < -0.3 is 10.1 Å². The molecule has 7 nitrogen and oxygen atoms in total. The summed E-state index contributed by atoms with van der Waals surface area (Å²) in [7, 11) is 1.26. The largest absolute Gasteiger partial charge is 0.465 e. The summed E-state index contributed by atoms with van der Waals surface area (Å²) in [6.45, 7) is 3.92. The van der Waals surface area contributed by atoms with Crippen molar-refractivity contribution in [3.8, 4) is 0 Å². The van der Waals surface area contributed by atoms with E-state index in [9.17, 15) is 18.8 Å². The number of aryl methyl sites for hydroxylation is 2. The standard InChI is InChI=1S/C20H18FN3O4/c1-4-24-16-8-6-12(21)9-15(16)18(25)17(23-24)19(26)22-13-7-5-11(2)14(10-13)20(27)28-3/h5-10H,4H2,1-3H3,(H,22,26). The fourth-order valence-corrected chi connectivity index (χ4v) is 2.87. The maximum atomic E-state index is 13.6. The van der Waals surface area contributed by atoms with Gasteiger partial charge in [0.2, 0.25) is 5.43 Å². The molecule has 3 rings (SSSR count). The van der Waals surface area contributed by atoms with Crippen LogP contribution in [0, 0.1) is 12.7 Å². The van der Waals surface area contributed by atoms with Gasteiger partial charge in [-0.1, -0.05) is 6.07 Å².